The molecule has 5 amide bonds. The summed E-state index contributed by atoms with van der Waals surface area (Å²) < 4.78 is 23.6. The normalized spacial score (nSPS) is 13.2. The van der Waals surface area contributed by atoms with Crippen LogP contribution in [0.1, 0.15) is 203 Å². The van der Waals surface area contributed by atoms with Gasteiger partial charge < -0.3 is 45.5 Å². The lowest BCUT2D eigenvalue weighted by Crippen LogP contribution is -2.57. The first-order valence-electron chi connectivity index (χ1n) is 37.2. The Morgan fingerprint density at radius 1 is 0.524 bits per heavy atom. The van der Waals surface area contributed by atoms with Crippen molar-refractivity contribution >= 4 is 64.5 Å². The topological polar surface area (TPSA) is 217 Å². The van der Waals surface area contributed by atoms with Gasteiger partial charge in [-0.2, -0.15) is 11.8 Å². The minimum absolute atomic E-state index is 0.0202. The van der Waals surface area contributed by atoms with Crippen LogP contribution < -0.4 is 26.6 Å². The van der Waals surface area contributed by atoms with Crippen molar-refractivity contribution in [1.82, 2.24) is 26.6 Å². The third kappa shape index (κ3) is 29.5. The van der Waals surface area contributed by atoms with Gasteiger partial charge in [-0.3, -0.25) is 19.2 Å². The van der Waals surface area contributed by atoms with Crippen LogP contribution in [0.15, 0.2) is 187 Å². The quantitative estimate of drug-likeness (QED) is 0.00806. The zero-order chi connectivity index (χ0) is 73.9. The first-order chi connectivity index (χ1) is 50.1. The average Bonchev–Trinajstić information content (AvgIpc) is 1.76. The van der Waals surface area contributed by atoms with Gasteiger partial charge in [-0.15, -0.1) is 0 Å². The van der Waals surface area contributed by atoms with E-state index in [0.29, 0.717) is 25.0 Å². The molecule has 4 atom stereocenters. The molecular formula is C85H113N5O11S2. The number of benzene rings is 5. The summed E-state index contributed by atoms with van der Waals surface area (Å²) >= 11 is 2.18. The van der Waals surface area contributed by atoms with E-state index in [2.05, 4.69) is 86.0 Å². The SMILES string of the molecule is C=CCOC(=O)NCCCC[C@H](NC(=O)[C@H](CSC(=O)[C@H](COC(c1ccccc1)(c1ccccc1)c1ccccc1)NC(=O)OCC1c2ccccc2-c2ccccc21)NC(=O)CCCCCCCCCCCCCCC)C(=O)N[C@@H](CSC/C=C(\C)CC/C=C(\C)CCC=C(C)C)C(=O)OC. The van der Waals surface area contributed by atoms with Crippen molar-refractivity contribution < 1.29 is 52.5 Å². The highest BCUT2D eigenvalue weighted by atomic mass is 32.2. The number of nitrogens with one attached hydrogen (secondary N) is 5. The number of rotatable bonds is 49. The summed E-state index contributed by atoms with van der Waals surface area (Å²) in [6, 6.07) is 39.7. The van der Waals surface area contributed by atoms with E-state index in [-0.39, 0.29) is 56.6 Å². The number of allylic oxidation sites excluding steroid dienone is 5. The minimum atomic E-state index is -1.40. The first kappa shape index (κ1) is 83.8. The van der Waals surface area contributed by atoms with Crippen LogP contribution in [0.3, 0.4) is 0 Å². The van der Waals surface area contributed by atoms with Crippen molar-refractivity contribution in [3.8, 4) is 11.1 Å². The van der Waals surface area contributed by atoms with Crippen LogP contribution in [0.2, 0.25) is 0 Å². The molecule has 5 aromatic carbocycles. The van der Waals surface area contributed by atoms with Crippen LogP contribution >= 0.6 is 23.5 Å². The summed E-state index contributed by atoms with van der Waals surface area (Å²) in [7, 11) is 1.25. The van der Waals surface area contributed by atoms with Crippen molar-refractivity contribution in [2.75, 3.05) is 50.7 Å². The van der Waals surface area contributed by atoms with Crippen LogP contribution in [-0.4, -0.2) is 116 Å². The molecule has 556 valence electrons. The summed E-state index contributed by atoms with van der Waals surface area (Å²) in [5, 5.41) is 13.6. The molecule has 1 aliphatic carbocycles. The summed E-state index contributed by atoms with van der Waals surface area (Å²) in [6.07, 6.45) is 25.8. The third-order valence-corrected chi connectivity index (χ3v) is 20.4. The molecule has 18 heteroatoms. The number of carbonyl (C=O) groups excluding carboxylic acids is 7. The Labute approximate surface area is 622 Å². The Bertz CT molecular complexity index is 3360. The minimum Gasteiger partial charge on any atom is -0.467 e. The number of fused-ring (bicyclic) bond motifs is 3. The van der Waals surface area contributed by atoms with Crippen LogP contribution in [0.4, 0.5) is 9.59 Å². The second-order valence-corrected chi connectivity index (χ2v) is 28.9. The first-order valence-corrected chi connectivity index (χ1v) is 39.3. The lowest BCUT2D eigenvalue weighted by atomic mass is 9.80. The predicted octanol–water partition coefficient (Wildman–Crippen LogP) is 17.5. The van der Waals surface area contributed by atoms with E-state index in [4.69, 9.17) is 18.9 Å². The fourth-order valence-corrected chi connectivity index (χ4v) is 14.5. The second kappa shape index (κ2) is 48.0. The number of methoxy groups -OCH3 is 1. The number of amides is 5. The number of hydrogen-bond acceptors (Lipinski definition) is 13. The smallest absolute Gasteiger partial charge is 0.407 e. The van der Waals surface area contributed by atoms with Crippen molar-refractivity contribution in [2.45, 2.75) is 205 Å². The highest BCUT2D eigenvalue weighted by Gasteiger charge is 2.40. The molecule has 0 spiro atoms. The third-order valence-electron chi connectivity index (χ3n) is 18.4. The number of thioether (sulfide) groups is 2. The van der Waals surface area contributed by atoms with Crippen molar-refractivity contribution in [3.05, 3.63) is 215 Å². The number of unbranched alkanes of at least 4 members (excludes halogenated alkanes) is 13. The molecule has 0 unspecified atom stereocenters. The zero-order valence-electron chi connectivity index (χ0n) is 61.8. The van der Waals surface area contributed by atoms with Gasteiger partial charge in [-0.1, -0.05) is 283 Å². The van der Waals surface area contributed by atoms with E-state index in [1.165, 1.54) is 93.0 Å². The Hall–Kier alpha value is -8.19. The van der Waals surface area contributed by atoms with Gasteiger partial charge in [0, 0.05) is 36.1 Å². The van der Waals surface area contributed by atoms with Crippen LogP contribution in [0.25, 0.3) is 11.1 Å². The number of ether oxygens (including phenoxy) is 4. The maximum atomic E-state index is 15.3. The van der Waals surface area contributed by atoms with E-state index < -0.39 is 70.8 Å². The Kier molecular flexibility index (Phi) is 39.0. The maximum absolute atomic E-state index is 15.3. The molecule has 0 heterocycles. The number of hydrogen-bond donors (Lipinski definition) is 5. The Balaban J connectivity index is 1.26. The molecule has 0 bridgehead atoms. The largest absolute Gasteiger partial charge is 0.467 e. The zero-order valence-corrected chi connectivity index (χ0v) is 63.4. The lowest BCUT2D eigenvalue weighted by molar-refractivity contribution is -0.144. The molecule has 1 aliphatic rings. The standard InChI is InChI=1S/C85H113N5O11S2/c1-8-10-11-12-13-14-15-16-17-18-19-20-30-54-78(91)87-76(80(93)88-74(53-35-36-56-86-83(96)99-57-9-2)79(92)89-77(81(94)98-7)61-102-58-55-65(6)42-38-41-64(5)40-37-39-63(3)4)62-103-82(95)75(90-84(97)100-59-73-71-51-33-31-49-69(71)70-50-32-34-52-72(70)73)60-101-85(66-43-24-21-25-44-66,67-45-26-22-27-46-67)68-47-28-23-29-48-68/h9,21-29,31-34,39,41,43-52,55,73-77H,2,8,10-20,30,35-38,40,42,53-54,56-62H2,1,3-7H3,(H,86,96)(H,87,91)(H,88,93)(H,89,92)(H,90,97)/b64-41+,65-55+/t74-,75-,76-,77-/m0/s1. The molecule has 16 nitrogen and oxygen atoms in total. The second-order valence-electron chi connectivity index (χ2n) is 26.8. The highest BCUT2D eigenvalue weighted by molar-refractivity contribution is 8.13. The van der Waals surface area contributed by atoms with Gasteiger partial charge in [0.2, 0.25) is 22.8 Å². The van der Waals surface area contributed by atoms with E-state index in [1.54, 1.807) is 0 Å². The molecule has 5 N–H and O–H groups in total. The molecule has 0 saturated carbocycles. The van der Waals surface area contributed by atoms with Crippen molar-refractivity contribution in [3.63, 3.8) is 0 Å². The Morgan fingerprint density at radius 3 is 1.59 bits per heavy atom. The maximum Gasteiger partial charge on any atom is 0.407 e. The van der Waals surface area contributed by atoms with Gasteiger partial charge in [0.1, 0.15) is 43.0 Å². The van der Waals surface area contributed by atoms with E-state index in [0.717, 1.165) is 102 Å². The van der Waals surface area contributed by atoms with Gasteiger partial charge in [-0.05, 0) is 118 Å². The van der Waals surface area contributed by atoms with Crippen LogP contribution in [-0.2, 0) is 48.5 Å². The summed E-state index contributed by atoms with van der Waals surface area (Å²) in [4.78, 5) is 99.7. The number of esters is 1. The number of alkyl carbamates (subject to hydrolysis) is 2. The van der Waals surface area contributed by atoms with Gasteiger partial charge in [-0.25, -0.2) is 14.4 Å². The average molecular weight is 1440 g/mol. The molecule has 0 aliphatic heterocycles. The molecule has 103 heavy (non-hydrogen) atoms. The van der Waals surface area contributed by atoms with Gasteiger partial charge in [0.05, 0.1) is 13.7 Å². The summed E-state index contributed by atoms with van der Waals surface area (Å²) in [6.45, 7) is 14.1. The molecule has 6 rings (SSSR count). The van der Waals surface area contributed by atoms with Crippen LogP contribution in [0, 0.1) is 0 Å². The monoisotopic (exact) mass is 1440 g/mol. The molecule has 0 aromatic heterocycles. The van der Waals surface area contributed by atoms with Crippen molar-refractivity contribution in [1.29, 1.82) is 0 Å². The molecule has 5 aromatic rings. The predicted molar refractivity (Wildman–Crippen MR) is 419 cm³/mol. The molecule has 0 saturated heterocycles. The Morgan fingerprint density at radius 2 is 1.04 bits per heavy atom. The van der Waals surface area contributed by atoms with E-state index in [9.17, 15) is 24.0 Å². The van der Waals surface area contributed by atoms with E-state index >= 15 is 9.59 Å². The van der Waals surface area contributed by atoms with Crippen molar-refractivity contribution in [2.24, 2.45) is 0 Å². The van der Waals surface area contributed by atoms with Gasteiger partial charge in [0.25, 0.3) is 0 Å². The van der Waals surface area contributed by atoms with Gasteiger partial charge >= 0.3 is 18.2 Å². The fraction of sp³-hybridized carbons (Fsp3) is 0.471. The molecular weight excluding hydrogens is 1330 g/mol. The summed E-state index contributed by atoms with van der Waals surface area (Å²) in [5.41, 5.74) is 8.92. The summed E-state index contributed by atoms with van der Waals surface area (Å²) in [5.74, 6) is -2.41. The highest BCUT2D eigenvalue weighted by Crippen LogP contribution is 2.45. The van der Waals surface area contributed by atoms with Gasteiger partial charge in [0.15, 0.2) is 0 Å². The molecule has 0 radical (unpaired) electrons. The lowest BCUT2D eigenvalue weighted by Gasteiger charge is -2.37. The fourth-order valence-electron chi connectivity index (χ4n) is 12.6. The van der Waals surface area contributed by atoms with E-state index in [1.807, 2.05) is 140 Å². The van der Waals surface area contributed by atoms with Crippen LogP contribution in [0.5, 0.6) is 0 Å². The molecule has 0 fully saturated rings. The number of carbonyl (C=O) groups is 7.